The molecular formula is C14H17NO4. The van der Waals surface area contributed by atoms with Crippen LogP contribution >= 0.6 is 0 Å². The van der Waals surface area contributed by atoms with Crippen molar-refractivity contribution in [1.29, 1.82) is 0 Å². The molecule has 0 spiro atoms. The van der Waals surface area contributed by atoms with E-state index in [1.54, 1.807) is 38.3 Å². The van der Waals surface area contributed by atoms with E-state index in [2.05, 4.69) is 5.32 Å². The summed E-state index contributed by atoms with van der Waals surface area (Å²) in [6, 6.07) is 6.95. The van der Waals surface area contributed by atoms with E-state index in [4.69, 9.17) is 9.47 Å². The summed E-state index contributed by atoms with van der Waals surface area (Å²) in [5, 5.41) is 2.69. The van der Waals surface area contributed by atoms with Crippen LogP contribution in [0.5, 0.6) is 5.75 Å². The van der Waals surface area contributed by atoms with Crippen LogP contribution in [0, 0.1) is 5.92 Å². The van der Waals surface area contributed by atoms with E-state index in [-0.39, 0.29) is 17.8 Å². The number of ether oxygens (including phenoxy) is 2. The molecule has 102 valence electrons. The summed E-state index contributed by atoms with van der Waals surface area (Å²) in [5.41, 5.74) is 0.639. The van der Waals surface area contributed by atoms with Crippen LogP contribution in [0.4, 0.5) is 5.69 Å². The van der Waals surface area contributed by atoms with Gasteiger partial charge >= 0.3 is 5.97 Å². The average Bonchev–Trinajstić information content (AvgIpc) is 3.23. The zero-order valence-electron chi connectivity index (χ0n) is 11.0. The van der Waals surface area contributed by atoms with Crippen LogP contribution in [0.15, 0.2) is 24.3 Å². The van der Waals surface area contributed by atoms with Crippen molar-refractivity contribution in [2.75, 3.05) is 12.4 Å². The van der Waals surface area contributed by atoms with E-state index in [1.165, 1.54) is 0 Å². The molecule has 1 atom stereocenters. The van der Waals surface area contributed by atoms with E-state index >= 15 is 0 Å². The molecule has 1 aliphatic carbocycles. The molecule has 1 aromatic carbocycles. The van der Waals surface area contributed by atoms with Gasteiger partial charge in [0, 0.05) is 5.69 Å². The Morgan fingerprint density at radius 1 is 1.26 bits per heavy atom. The molecule has 1 aliphatic rings. The Kier molecular flexibility index (Phi) is 4.04. The molecule has 1 N–H and O–H groups in total. The summed E-state index contributed by atoms with van der Waals surface area (Å²) in [6.45, 7) is 1.57. The molecule has 1 saturated carbocycles. The summed E-state index contributed by atoms with van der Waals surface area (Å²) >= 11 is 0. The molecule has 0 radical (unpaired) electrons. The standard InChI is InChI=1S/C14H17NO4/c1-9(19-14(17)10-3-4-10)13(16)15-11-5-7-12(18-2)8-6-11/h5-10H,3-4H2,1-2H3,(H,15,16)/t9-/m0/s1. The number of benzene rings is 1. The molecule has 2 rings (SSSR count). The molecule has 0 heterocycles. The topological polar surface area (TPSA) is 64.6 Å². The lowest BCUT2D eigenvalue weighted by molar-refractivity contribution is -0.154. The fourth-order valence-corrected chi connectivity index (χ4v) is 1.56. The van der Waals surface area contributed by atoms with Gasteiger partial charge in [-0.3, -0.25) is 9.59 Å². The van der Waals surface area contributed by atoms with Gasteiger partial charge < -0.3 is 14.8 Å². The van der Waals surface area contributed by atoms with E-state index in [0.717, 1.165) is 12.8 Å². The molecule has 5 heteroatoms. The predicted octanol–water partition coefficient (Wildman–Crippen LogP) is 1.98. The lowest BCUT2D eigenvalue weighted by Gasteiger charge is -2.13. The number of esters is 1. The van der Waals surface area contributed by atoms with Crippen LogP contribution in [-0.4, -0.2) is 25.1 Å². The Hall–Kier alpha value is -2.04. The number of anilines is 1. The maximum atomic E-state index is 11.8. The van der Waals surface area contributed by atoms with Crippen molar-refractivity contribution in [2.45, 2.75) is 25.9 Å². The molecule has 0 aromatic heterocycles. The molecule has 0 aliphatic heterocycles. The highest BCUT2D eigenvalue weighted by Crippen LogP contribution is 2.30. The Labute approximate surface area is 111 Å². The number of amides is 1. The molecule has 19 heavy (non-hydrogen) atoms. The maximum Gasteiger partial charge on any atom is 0.309 e. The van der Waals surface area contributed by atoms with Gasteiger partial charge in [-0.05, 0) is 44.0 Å². The van der Waals surface area contributed by atoms with Crippen molar-refractivity contribution in [3.8, 4) is 5.75 Å². The van der Waals surface area contributed by atoms with Crippen molar-refractivity contribution in [1.82, 2.24) is 0 Å². The Balaban J connectivity index is 1.86. The predicted molar refractivity (Wildman–Crippen MR) is 69.9 cm³/mol. The van der Waals surface area contributed by atoms with Crippen molar-refractivity contribution < 1.29 is 19.1 Å². The summed E-state index contributed by atoms with van der Waals surface area (Å²) in [6.07, 6.45) is 0.951. The number of nitrogens with one attached hydrogen (secondary N) is 1. The first-order valence-electron chi connectivity index (χ1n) is 6.25. The van der Waals surface area contributed by atoms with Crippen LogP contribution in [0.25, 0.3) is 0 Å². The van der Waals surface area contributed by atoms with Gasteiger partial charge in [-0.25, -0.2) is 0 Å². The van der Waals surface area contributed by atoms with Gasteiger partial charge in [0.15, 0.2) is 6.10 Å². The van der Waals surface area contributed by atoms with Crippen LogP contribution in [0.1, 0.15) is 19.8 Å². The summed E-state index contributed by atoms with van der Waals surface area (Å²) in [5.74, 6) is 0.0963. The average molecular weight is 263 g/mol. The van der Waals surface area contributed by atoms with Crippen LogP contribution in [0.2, 0.25) is 0 Å². The van der Waals surface area contributed by atoms with E-state index < -0.39 is 6.10 Å². The molecule has 0 bridgehead atoms. The second-order valence-corrected chi connectivity index (χ2v) is 4.57. The minimum Gasteiger partial charge on any atom is -0.497 e. The lowest BCUT2D eigenvalue weighted by Crippen LogP contribution is -2.30. The van der Waals surface area contributed by atoms with Crippen LogP contribution in [-0.2, 0) is 14.3 Å². The number of rotatable bonds is 5. The van der Waals surface area contributed by atoms with Crippen LogP contribution < -0.4 is 10.1 Å². The second kappa shape index (κ2) is 5.73. The molecule has 1 amide bonds. The Bertz CT molecular complexity index is 465. The van der Waals surface area contributed by atoms with Gasteiger partial charge in [0.2, 0.25) is 0 Å². The number of hydrogen-bond donors (Lipinski definition) is 1. The first-order chi connectivity index (χ1) is 9.10. The van der Waals surface area contributed by atoms with E-state index in [9.17, 15) is 9.59 Å². The van der Waals surface area contributed by atoms with Crippen molar-refractivity contribution in [3.05, 3.63) is 24.3 Å². The van der Waals surface area contributed by atoms with Gasteiger partial charge in [-0.2, -0.15) is 0 Å². The van der Waals surface area contributed by atoms with Crippen molar-refractivity contribution >= 4 is 17.6 Å². The highest BCUT2D eigenvalue weighted by Gasteiger charge is 2.33. The molecule has 0 unspecified atom stereocenters. The SMILES string of the molecule is COc1ccc(NC(=O)[C@H](C)OC(=O)C2CC2)cc1. The third-order valence-corrected chi connectivity index (χ3v) is 2.93. The van der Waals surface area contributed by atoms with Gasteiger partial charge in [0.1, 0.15) is 5.75 Å². The summed E-state index contributed by atoms with van der Waals surface area (Å²) < 4.78 is 10.1. The Morgan fingerprint density at radius 2 is 1.89 bits per heavy atom. The second-order valence-electron chi connectivity index (χ2n) is 4.57. The van der Waals surface area contributed by atoms with Gasteiger partial charge in [-0.15, -0.1) is 0 Å². The highest BCUT2D eigenvalue weighted by molar-refractivity contribution is 5.95. The van der Waals surface area contributed by atoms with Gasteiger partial charge in [-0.1, -0.05) is 0 Å². The number of hydrogen-bond acceptors (Lipinski definition) is 4. The fourth-order valence-electron chi connectivity index (χ4n) is 1.56. The minimum absolute atomic E-state index is 0.00348. The van der Waals surface area contributed by atoms with E-state index in [0.29, 0.717) is 11.4 Å². The minimum atomic E-state index is -0.782. The lowest BCUT2D eigenvalue weighted by atomic mass is 10.3. The zero-order valence-corrected chi connectivity index (χ0v) is 11.0. The maximum absolute atomic E-state index is 11.8. The largest absolute Gasteiger partial charge is 0.497 e. The quantitative estimate of drug-likeness (QED) is 0.825. The number of methoxy groups -OCH3 is 1. The number of carbonyl (C=O) groups is 2. The zero-order chi connectivity index (χ0) is 13.8. The normalized spacial score (nSPS) is 15.5. The molecule has 5 nitrogen and oxygen atoms in total. The third kappa shape index (κ3) is 3.71. The smallest absolute Gasteiger partial charge is 0.309 e. The highest BCUT2D eigenvalue weighted by atomic mass is 16.5. The summed E-state index contributed by atoms with van der Waals surface area (Å²) in [7, 11) is 1.58. The first-order valence-corrected chi connectivity index (χ1v) is 6.25. The Morgan fingerprint density at radius 3 is 2.42 bits per heavy atom. The van der Waals surface area contributed by atoms with Crippen LogP contribution in [0.3, 0.4) is 0 Å². The molecular weight excluding hydrogens is 246 g/mol. The van der Waals surface area contributed by atoms with Gasteiger partial charge in [0.05, 0.1) is 13.0 Å². The van der Waals surface area contributed by atoms with E-state index in [1.807, 2.05) is 0 Å². The molecule has 1 fully saturated rings. The number of carbonyl (C=O) groups excluding carboxylic acids is 2. The molecule has 1 aromatic rings. The fraction of sp³-hybridized carbons (Fsp3) is 0.429. The molecule has 0 saturated heterocycles. The van der Waals surface area contributed by atoms with Crippen molar-refractivity contribution in [2.24, 2.45) is 5.92 Å². The third-order valence-electron chi connectivity index (χ3n) is 2.93. The van der Waals surface area contributed by atoms with Gasteiger partial charge in [0.25, 0.3) is 5.91 Å². The first kappa shape index (κ1) is 13.4. The van der Waals surface area contributed by atoms with Crippen molar-refractivity contribution in [3.63, 3.8) is 0 Å². The summed E-state index contributed by atoms with van der Waals surface area (Å²) in [4.78, 5) is 23.3. The monoisotopic (exact) mass is 263 g/mol.